The number of halogens is 1. The molecule has 0 aliphatic heterocycles. The van der Waals surface area contributed by atoms with Crippen molar-refractivity contribution < 1.29 is 9.90 Å². The van der Waals surface area contributed by atoms with Gasteiger partial charge in [-0.3, -0.25) is 4.79 Å². The van der Waals surface area contributed by atoms with Gasteiger partial charge >= 0.3 is 0 Å². The Hall–Kier alpha value is -2.11. The van der Waals surface area contributed by atoms with Gasteiger partial charge in [-0.1, -0.05) is 23.7 Å². The van der Waals surface area contributed by atoms with Crippen LogP contribution in [-0.4, -0.2) is 16.0 Å². The highest BCUT2D eigenvalue weighted by molar-refractivity contribution is 7.20. The van der Waals surface area contributed by atoms with Gasteiger partial charge in [-0.25, -0.2) is 4.98 Å². The molecule has 0 aliphatic carbocycles. The van der Waals surface area contributed by atoms with Crippen LogP contribution in [0.4, 0.5) is 0 Å². The molecule has 1 aromatic heterocycles. The van der Waals surface area contributed by atoms with E-state index in [1.54, 1.807) is 30.3 Å². The van der Waals surface area contributed by atoms with E-state index in [-0.39, 0.29) is 11.7 Å². The Morgan fingerprint density at radius 3 is 2.76 bits per heavy atom. The normalized spacial score (nSPS) is 10.7. The van der Waals surface area contributed by atoms with Crippen LogP contribution in [0.3, 0.4) is 0 Å². The van der Waals surface area contributed by atoms with Gasteiger partial charge in [0.1, 0.15) is 5.75 Å². The Morgan fingerprint density at radius 2 is 2.00 bits per heavy atom. The second-order valence-corrected chi connectivity index (χ2v) is 5.95. The number of hydrogen-bond donors (Lipinski definition) is 2. The molecule has 0 unspecified atom stereocenters. The summed E-state index contributed by atoms with van der Waals surface area (Å²) in [6, 6.07) is 12.1. The van der Waals surface area contributed by atoms with E-state index in [9.17, 15) is 9.90 Å². The van der Waals surface area contributed by atoms with Crippen LogP contribution < -0.4 is 5.32 Å². The third kappa shape index (κ3) is 3.15. The summed E-state index contributed by atoms with van der Waals surface area (Å²) in [6.07, 6.45) is 0. The van der Waals surface area contributed by atoms with Crippen LogP contribution in [0.25, 0.3) is 10.2 Å². The summed E-state index contributed by atoms with van der Waals surface area (Å²) in [7, 11) is 0. The summed E-state index contributed by atoms with van der Waals surface area (Å²) < 4.78 is 0.784. The van der Waals surface area contributed by atoms with E-state index in [4.69, 9.17) is 11.6 Å². The number of fused-ring (bicyclic) bond motifs is 1. The average Bonchev–Trinajstić information content (AvgIpc) is 2.89. The van der Waals surface area contributed by atoms with Crippen LogP contribution in [-0.2, 0) is 6.54 Å². The van der Waals surface area contributed by atoms with E-state index in [0.29, 0.717) is 22.1 Å². The molecule has 0 bridgehead atoms. The average molecular weight is 319 g/mol. The number of rotatable bonds is 3. The molecular formula is C15H11ClN2O2S. The Morgan fingerprint density at radius 1 is 1.24 bits per heavy atom. The van der Waals surface area contributed by atoms with Crippen molar-refractivity contribution in [1.29, 1.82) is 0 Å². The molecule has 3 aromatic rings. The molecule has 0 aliphatic rings. The van der Waals surface area contributed by atoms with Gasteiger partial charge in [0.05, 0.1) is 10.2 Å². The molecule has 3 rings (SSSR count). The number of aromatic hydroxyl groups is 1. The zero-order valence-electron chi connectivity index (χ0n) is 10.8. The zero-order chi connectivity index (χ0) is 14.8. The van der Waals surface area contributed by atoms with Crippen LogP contribution in [0, 0.1) is 0 Å². The number of nitrogens with one attached hydrogen (secondary N) is 1. The minimum Gasteiger partial charge on any atom is -0.508 e. The summed E-state index contributed by atoms with van der Waals surface area (Å²) >= 11 is 7.06. The van der Waals surface area contributed by atoms with Gasteiger partial charge in [0.25, 0.3) is 5.91 Å². The third-order valence-corrected chi connectivity index (χ3v) is 4.20. The number of amides is 1. The lowest BCUT2D eigenvalue weighted by atomic mass is 10.2. The number of hydrogen-bond acceptors (Lipinski definition) is 4. The van der Waals surface area contributed by atoms with Crippen LogP contribution in [0.15, 0.2) is 42.5 Å². The number of phenols is 1. The van der Waals surface area contributed by atoms with E-state index < -0.39 is 0 Å². The lowest BCUT2D eigenvalue weighted by Gasteiger charge is -2.03. The molecule has 6 heteroatoms. The molecular weight excluding hydrogens is 308 g/mol. The maximum Gasteiger partial charge on any atom is 0.280 e. The molecule has 0 saturated heterocycles. The van der Waals surface area contributed by atoms with Gasteiger partial charge in [-0.05, 0) is 35.9 Å². The second-order valence-electron chi connectivity index (χ2n) is 4.48. The van der Waals surface area contributed by atoms with E-state index >= 15 is 0 Å². The van der Waals surface area contributed by atoms with Crippen molar-refractivity contribution in [1.82, 2.24) is 10.3 Å². The number of benzene rings is 2. The first kappa shape index (κ1) is 13.9. The first-order valence-electron chi connectivity index (χ1n) is 6.24. The molecule has 4 nitrogen and oxygen atoms in total. The molecule has 0 spiro atoms. The second kappa shape index (κ2) is 5.71. The molecule has 106 valence electrons. The lowest BCUT2D eigenvalue weighted by molar-refractivity contribution is 0.0950. The van der Waals surface area contributed by atoms with Crippen LogP contribution in [0.1, 0.15) is 15.4 Å². The first-order chi connectivity index (χ1) is 10.1. The Labute approximate surface area is 130 Å². The molecule has 1 amide bonds. The maximum atomic E-state index is 12.1. The molecule has 2 aromatic carbocycles. The summed E-state index contributed by atoms with van der Waals surface area (Å²) in [5.74, 6) is -0.0649. The molecule has 0 atom stereocenters. The van der Waals surface area contributed by atoms with Crippen molar-refractivity contribution in [2.75, 3.05) is 0 Å². The van der Waals surface area contributed by atoms with Gasteiger partial charge in [0, 0.05) is 11.6 Å². The van der Waals surface area contributed by atoms with Crippen LogP contribution >= 0.6 is 22.9 Å². The maximum absolute atomic E-state index is 12.1. The van der Waals surface area contributed by atoms with Crippen molar-refractivity contribution in [3.8, 4) is 5.75 Å². The van der Waals surface area contributed by atoms with Crippen molar-refractivity contribution in [3.63, 3.8) is 0 Å². The number of carbonyl (C=O) groups is 1. The van der Waals surface area contributed by atoms with Gasteiger partial charge in [0.2, 0.25) is 0 Å². The minimum absolute atomic E-state index is 0.166. The predicted octanol–water partition coefficient (Wildman–Crippen LogP) is 3.59. The van der Waals surface area contributed by atoms with Crippen molar-refractivity contribution in [2.45, 2.75) is 6.54 Å². The molecule has 2 N–H and O–H groups in total. The van der Waals surface area contributed by atoms with Crippen molar-refractivity contribution in [3.05, 3.63) is 58.1 Å². The van der Waals surface area contributed by atoms with Gasteiger partial charge < -0.3 is 10.4 Å². The molecule has 1 heterocycles. The highest BCUT2D eigenvalue weighted by Gasteiger charge is 2.12. The van der Waals surface area contributed by atoms with Gasteiger partial charge in [-0.15, -0.1) is 11.3 Å². The largest absolute Gasteiger partial charge is 0.508 e. The van der Waals surface area contributed by atoms with E-state index in [2.05, 4.69) is 10.3 Å². The van der Waals surface area contributed by atoms with Crippen LogP contribution in [0.5, 0.6) is 5.75 Å². The fourth-order valence-corrected chi connectivity index (χ4v) is 2.91. The molecule has 0 radical (unpaired) electrons. The fourth-order valence-electron chi connectivity index (χ4n) is 1.87. The highest BCUT2D eigenvalue weighted by atomic mass is 35.5. The van der Waals surface area contributed by atoms with Crippen molar-refractivity contribution in [2.24, 2.45) is 0 Å². The molecule has 0 saturated carbocycles. The van der Waals surface area contributed by atoms with Gasteiger partial charge in [-0.2, -0.15) is 0 Å². The summed E-state index contributed by atoms with van der Waals surface area (Å²) in [5.41, 5.74) is 1.67. The number of carbonyl (C=O) groups excluding carboxylic acids is 1. The summed E-state index contributed by atoms with van der Waals surface area (Å²) in [4.78, 5) is 16.3. The first-order valence-corrected chi connectivity index (χ1v) is 7.43. The number of nitrogens with zero attached hydrogens (tertiary/aromatic N) is 1. The standard InChI is InChI=1S/C15H11ClN2O2S/c16-10-3-1-9(2-4-10)8-17-14(20)15-18-12-6-5-11(19)7-13(12)21-15/h1-7,19H,8H2,(H,17,20). The fraction of sp³-hybridized carbons (Fsp3) is 0.0667. The van der Waals surface area contributed by atoms with Crippen molar-refractivity contribution >= 4 is 39.1 Å². The molecule has 0 fully saturated rings. The number of thiazole rings is 1. The number of aromatic nitrogens is 1. The quantitative estimate of drug-likeness (QED) is 0.776. The topological polar surface area (TPSA) is 62.2 Å². The lowest BCUT2D eigenvalue weighted by Crippen LogP contribution is -2.22. The number of phenolic OH excluding ortho intramolecular Hbond substituents is 1. The smallest absolute Gasteiger partial charge is 0.280 e. The monoisotopic (exact) mass is 318 g/mol. The summed E-state index contributed by atoms with van der Waals surface area (Å²) in [5, 5.41) is 13.3. The van der Waals surface area contributed by atoms with E-state index in [1.807, 2.05) is 12.1 Å². The highest BCUT2D eigenvalue weighted by Crippen LogP contribution is 2.25. The van der Waals surface area contributed by atoms with E-state index in [0.717, 1.165) is 10.3 Å². The Bertz CT molecular complexity index is 799. The minimum atomic E-state index is -0.231. The van der Waals surface area contributed by atoms with Gasteiger partial charge in [0.15, 0.2) is 5.01 Å². The Kier molecular flexibility index (Phi) is 3.77. The zero-order valence-corrected chi connectivity index (χ0v) is 12.4. The third-order valence-electron chi connectivity index (χ3n) is 2.93. The van der Waals surface area contributed by atoms with Crippen LogP contribution in [0.2, 0.25) is 5.02 Å². The Balaban J connectivity index is 1.73. The molecule has 21 heavy (non-hydrogen) atoms. The predicted molar refractivity (Wildman–Crippen MR) is 83.9 cm³/mol. The van der Waals surface area contributed by atoms with E-state index in [1.165, 1.54) is 11.3 Å². The SMILES string of the molecule is O=C(NCc1ccc(Cl)cc1)c1nc2ccc(O)cc2s1. The summed E-state index contributed by atoms with van der Waals surface area (Å²) in [6.45, 7) is 0.414.